The Morgan fingerprint density at radius 2 is 0.667 bits per heavy atom. The maximum absolute atomic E-state index is 12.7. The Balaban J connectivity index is 0.00000225. The molecule has 16 nitrogen and oxygen atoms in total. The van der Waals surface area contributed by atoms with E-state index in [2.05, 4.69) is 29.9 Å². The average molecular weight is 804 g/mol. The van der Waals surface area contributed by atoms with Gasteiger partial charge in [0.15, 0.2) is 23.3 Å². The molecule has 18 heteroatoms. The van der Waals surface area contributed by atoms with Crippen LogP contribution in [0, 0.1) is 0 Å². The van der Waals surface area contributed by atoms with Gasteiger partial charge < -0.3 is 49.6 Å². The zero-order chi connectivity index (χ0) is 36.0. The van der Waals surface area contributed by atoms with Crippen molar-refractivity contribution in [1.29, 1.82) is 0 Å². The van der Waals surface area contributed by atoms with E-state index in [9.17, 15) is 39.6 Å². The van der Waals surface area contributed by atoms with Gasteiger partial charge in [0.05, 0.1) is 23.9 Å². The number of aromatic amines is 2. The molecule has 0 fully saturated rings. The molecule has 8 bridgehead atoms. The molecule has 0 radical (unpaired) electrons. The van der Waals surface area contributed by atoms with Crippen LogP contribution in [0.5, 0.6) is 0 Å². The summed E-state index contributed by atoms with van der Waals surface area (Å²) in [7, 11) is 0. The molecular weight excluding hydrogens is 790 g/mol. The minimum atomic E-state index is -2.34. The summed E-state index contributed by atoms with van der Waals surface area (Å²) in [6.07, 6.45) is 0. The predicted octanol–water partition coefficient (Wildman–Crippen LogP) is 0.318. The van der Waals surface area contributed by atoms with E-state index in [1.165, 1.54) is 0 Å². The second-order valence-electron chi connectivity index (χ2n) is 11.6. The molecule has 4 aromatic carbocycles. The van der Waals surface area contributed by atoms with E-state index >= 15 is 0 Å². The number of nitrogens with one attached hydrogen (secondary N) is 2. The van der Waals surface area contributed by atoms with Crippen molar-refractivity contribution in [1.82, 2.24) is 39.9 Å². The van der Waals surface area contributed by atoms with Crippen LogP contribution in [0.15, 0.2) is 72.8 Å². The Labute approximate surface area is 319 Å². The van der Waals surface area contributed by atoms with Gasteiger partial charge in [0.2, 0.25) is 0 Å². The number of carboxylic acids is 4. The summed E-state index contributed by atoms with van der Waals surface area (Å²) >= 11 is 0. The molecule has 0 saturated carbocycles. The molecule has 2 aliphatic heterocycles. The van der Waals surface area contributed by atoms with Crippen LogP contribution in [-0.4, -0.2) is 63.7 Å². The summed E-state index contributed by atoms with van der Waals surface area (Å²) in [5.74, 6) is -8.77. The number of carbonyl (C=O) groups excluding carboxylic acids is 4. The fourth-order valence-electron chi connectivity index (χ4n) is 6.72. The van der Waals surface area contributed by atoms with E-state index in [1.54, 1.807) is 48.5 Å². The molecule has 2 aliphatic rings. The first-order valence-electron chi connectivity index (χ1n) is 15.3. The van der Waals surface area contributed by atoms with E-state index in [4.69, 9.17) is 9.97 Å². The average Bonchev–Trinajstić information content (AvgIpc) is 3.86. The first-order chi connectivity index (χ1) is 25.1. The van der Waals surface area contributed by atoms with Gasteiger partial charge in [-0.25, -0.2) is 29.9 Å². The van der Waals surface area contributed by atoms with E-state index in [-0.39, 0.29) is 56.3 Å². The Kier molecular flexibility index (Phi) is 8.52. The Morgan fingerprint density at radius 1 is 0.389 bits per heavy atom. The second-order valence-corrected chi connectivity index (χ2v) is 11.6. The minimum absolute atomic E-state index is 0. The molecule has 7 aromatic rings. The van der Waals surface area contributed by atoms with Gasteiger partial charge in [-0.15, -0.1) is 0 Å². The van der Waals surface area contributed by atoms with Gasteiger partial charge >= 0.3 is 33.0 Å². The van der Waals surface area contributed by atoms with Crippen LogP contribution < -0.4 is 20.4 Å². The van der Waals surface area contributed by atoms with Crippen molar-refractivity contribution in [2.75, 3.05) is 0 Å². The van der Waals surface area contributed by atoms with Crippen LogP contribution in [0.3, 0.4) is 0 Å². The van der Waals surface area contributed by atoms with Gasteiger partial charge in [-0.05, 0) is 0 Å². The Hall–Kier alpha value is -6.89. The summed E-state index contributed by atoms with van der Waals surface area (Å²) in [5, 5.41) is 50.3. The van der Waals surface area contributed by atoms with Crippen molar-refractivity contribution in [3.8, 4) is 45.6 Å². The number of aromatic nitrogens is 8. The molecule has 0 amide bonds. The van der Waals surface area contributed by atoms with Gasteiger partial charge in [0.25, 0.3) is 0 Å². The maximum Gasteiger partial charge on any atom is 2.00 e. The molecule has 0 saturated heterocycles. The SMILES string of the molecule is O=C([O-])c1c(C(=O)[O-])c(C(=O)[O-])c2c3nc4nc(nc5[nH]c(nc6nc(nc([nH]3)c2c1C(=O)[O-])-c1ccccc1-6)c1ccccc51)-c1ccccc1-4.[Ni+2].[Ni+2]. The molecule has 2 N–H and O–H groups in total. The van der Waals surface area contributed by atoms with Crippen molar-refractivity contribution in [2.45, 2.75) is 0 Å². The van der Waals surface area contributed by atoms with Crippen LogP contribution in [0.2, 0.25) is 0 Å². The molecule has 0 unspecified atom stereocenters. The molecule has 5 heterocycles. The largest absolute Gasteiger partial charge is 2.00 e. The Morgan fingerprint density at radius 3 is 0.981 bits per heavy atom. The molecule has 0 aliphatic carbocycles. The summed E-state index contributed by atoms with van der Waals surface area (Å²) in [5.41, 5.74) is -3.81. The molecule has 54 heavy (non-hydrogen) atoms. The van der Waals surface area contributed by atoms with Gasteiger partial charge in [-0.1, -0.05) is 72.8 Å². The smallest absolute Gasteiger partial charge is 0.545 e. The number of nitrogens with zero attached hydrogens (tertiary/aromatic N) is 6. The number of rotatable bonds is 4. The third-order valence-electron chi connectivity index (χ3n) is 8.81. The predicted molar refractivity (Wildman–Crippen MR) is 173 cm³/mol. The van der Waals surface area contributed by atoms with E-state index in [0.717, 1.165) is 0 Å². The third-order valence-corrected chi connectivity index (χ3v) is 8.81. The summed E-state index contributed by atoms with van der Waals surface area (Å²) in [4.78, 5) is 84.3. The van der Waals surface area contributed by atoms with E-state index in [0.29, 0.717) is 44.3 Å². The first kappa shape index (κ1) is 35.5. The number of hydrogen-bond acceptors (Lipinski definition) is 14. The minimum Gasteiger partial charge on any atom is -0.545 e. The normalized spacial score (nSPS) is 11.3. The maximum atomic E-state index is 12.7. The molecule has 266 valence electrons. The second kappa shape index (κ2) is 13.0. The fourth-order valence-corrected chi connectivity index (χ4v) is 6.72. The topological polar surface area (TPSA) is 269 Å². The number of hydrogen-bond donors (Lipinski definition) is 2. The number of fused-ring (bicyclic) bond motifs is 20. The molecule has 0 atom stereocenters. The zero-order valence-corrected chi connectivity index (χ0v) is 28.5. The molecular formula is C36H14N8Ni2O8. The van der Waals surface area contributed by atoms with Crippen molar-refractivity contribution >= 4 is 68.0 Å². The monoisotopic (exact) mass is 802 g/mol. The first-order valence-corrected chi connectivity index (χ1v) is 15.3. The summed E-state index contributed by atoms with van der Waals surface area (Å²) in [6, 6.07) is 21.0. The van der Waals surface area contributed by atoms with Crippen LogP contribution in [0.4, 0.5) is 0 Å². The number of carbonyl (C=O) groups is 4. The van der Waals surface area contributed by atoms with Gasteiger partial charge in [0.1, 0.15) is 22.6 Å². The summed E-state index contributed by atoms with van der Waals surface area (Å²) in [6.45, 7) is 0. The van der Waals surface area contributed by atoms with E-state index in [1.807, 2.05) is 24.3 Å². The number of benzene rings is 4. The van der Waals surface area contributed by atoms with Crippen molar-refractivity contribution in [2.24, 2.45) is 0 Å². The quantitative estimate of drug-likeness (QED) is 0.227. The van der Waals surface area contributed by atoms with E-state index < -0.39 is 68.2 Å². The van der Waals surface area contributed by atoms with Gasteiger partial charge in [-0.3, -0.25) is 0 Å². The van der Waals surface area contributed by atoms with Crippen LogP contribution in [-0.2, 0) is 33.0 Å². The standard InChI is InChI=1S/C36H18N8O8.2Ni/c45-33(46)21-19-20(22(34(47)48)24(36(51)52)23(21)35(49)50)32-43-30-18-12-6-4-10-16(18)28(41-30)39-26-14-8-2-1-7-13(14)25(37-26)38-27-15-9-3-5-11-17(15)29(40-27)42-31(19)44-32;;/h1-12H,(H,45,46)(H,47,48)(H,49,50)(H,51,52)(H2,37,38,39,40,41,42,43,44);;/q;2*+2/p-4. The van der Waals surface area contributed by atoms with Crippen LogP contribution >= 0.6 is 0 Å². The van der Waals surface area contributed by atoms with Crippen molar-refractivity contribution in [3.05, 3.63) is 95.1 Å². The third kappa shape index (κ3) is 5.18. The van der Waals surface area contributed by atoms with Crippen molar-refractivity contribution in [3.63, 3.8) is 0 Å². The van der Waals surface area contributed by atoms with Gasteiger partial charge in [-0.2, -0.15) is 0 Å². The molecule has 3 aromatic heterocycles. The van der Waals surface area contributed by atoms with Crippen molar-refractivity contribution < 1.29 is 72.6 Å². The zero-order valence-electron chi connectivity index (χ0n) is 26.5. The van der Waals surface area contributed by atoms with Crippen LogP contribution in [0.25, 0.3) is 89.7 Å². The Bertz CT molecular complexity index is 2820. The van der Waals surface area contributed by atoms with Gasteiger partial charge in [0, 0.05) is 66.1 Å². The molecule has 9 rings (SSSR count). The molecule has 0 spiro atoms. The number of H-pyrrole nitrogens is 2. The number of aromatic carboxylic acids is 4. The summed E-state index contributed by atoms with van der Waals surface area (Å²) < 4.78 is 0. The fraction of sp³-hybridized carbons (Fsp3) is 0. The van der Waals surface area contributed by atoms with Crippen LogP contribution in [0.1, 0.15) is 41.4 Å². The number of carboxylic acid groups (broad SMARTS) is 4.